The molecule has 1 atom stereocenters. The lowest BCUT2D eigenvalue weighted by atomic mass is 10.1. The molecule has 120 valence electrons. The van der Waals surface area contributed by atoms with Crippen molar-refractivity contribution in [2.24, 2.45) is 0 Å². The van der Waals surface area contributed by atoms with E-state index in [1.54, 1.807) is 4.90 Å². The fourth-order valence-corrected chi connectivity index (χ4v) is 2.77. The molecular weight excluding hydrogens is 288 g/mol. The van der Waals surface area contributed by atoms with Gasteiger partial charge in [-0.2, -0.15) is 0 Å². The smallest absolute Gasteiger partial charge is 0.326 e. The number of rotatable bonds is 2. The largest absolute Gasteiger partial charge is 0.486 e. The van der Waals surface area contributed by atoms with Gasteiger partial charge in [0.25, 0.3) is 0 Å². The number of carbonyl (C=O) groups is 1. The van der Waals surface area contributed by atoms with Crippen LogP contribution in [-0.2, 0) is 0 Å². The van der Waals surface area contributed by atoms with Crippen LogP contribution in [0.15, 0.2) is 42.5 Å². The quantitative estimate of drug-likeness (QED) is 0.886. The summed E-state index contributed by atoms with van der Waals surface area (Å²) in [6.45, 7) is 6.69. The number of nitrogens with one attached hydrogen (secondary N) is 1. The first kappa shape index (κ1) is 15.4. The van der Waals surface area contributed by atoms with Crippen LogP contribution in [0.3, 0.4) is 0 Å². The Morgan fingerprint density at radius 3 is 2.78 bits per heavy atom. The highest BCUT2D eigenvalue weighted by Crippen LogP contribution is 2.34. The van der Waals surface area contributed by atoms with Gasteiger partial charge in [0, 0.05) is 5.69 Å². The van der Waals surface area contributed by atoms with Gasteiger partial charge in [0.15, 0.2) is 0 Å². The van der Waals surface area contributed by atoms with Crippen LogP contribution in [0.4, 0.5) is 16.2 Å². The molecule has 1 heterocycles. The lowest BCUT2D eigenvalue weighted by Crippen LogP contribution is -2.45. The lowest BCUT2D eigenvalue weighted by molar-refractivity contribution is 0.188. The molecule has 0 radical (unpaired) electrons. The zero-order valence-electron chi connectivity index (χ0n) is 13.8. The van der Waals surface area contributed by atoms with Crippen molar-refractivity contribution in [1.82, 2.24) is 0 Å². The van der Waals surface area contributed by atoms with Crippen LogP contribution in [0.1, 0.15) is 24.5 Å². The van der Waals surface area contributed by atoms with Crippen molar-refractivity contribution in [2.75, 3.05) is 16.8 Å². The van der Waals surface area contributed by atoms with Gasteiger partial charge in [-0.15, -0.1) is 0 Å². The minimum atomic E-state index is -0.118. The van der Waals surface area contributed by atoms with E-state index in [0.29, 0.717) is 6.54 Å². The van der Waals surface area contributed by atoms with Gasteiger partial charge in [-0.1, -0.05) is 31.2 Å². The van der Waals surface area contributed by atoms with Crippen molar-refractivity contribution in [3.63, 3.8) is 0 Å². The molecule has 0 fully saturated rings. The highest BCUT2D eigenvalue weighted by Gasteiger charge is 2.28. The SMILES string of the molecule is CC[C@@H]1CN(C(=O)Nc2cccc(C)c2C)c2ccccc2O1. The summed E-state index contributed by atoms with van der Waals surface area (Å²) < 4.78 is 5.93. The summed E-state index contributed by atoms with van der Waals surface area (Å²) in [5.41, 5.74) is 3.93. The van der Waals surface area contributed by atoms with E-state index in [9.17, 15) is 4.79 Å². The number of hydrogen-bond donors (Lipinski definition) is 1. The standard InChI is InChI=1S/C19H22N2O2/c1-4-15-12-21(17-10-5-6-11-18(17)23-15)19(22)20-16-9-7-8-13(2)14(16)3/h5-11,15H,4,12H2,1-3H3,(H,20,22)/t15-/m1/s1. The molecule has 2 aromatic rings. The van der Waals surface area contributed by atoms with Crippen LogP contribution in [0.2, 0.25) is 0 Å². The first-order valence-electron chi connectivity index (χ1n) is 8.00. The van der Waals surface area contributed by atoms with Crippen LogP contribution in [0.5, 0.6) is 5.75 Å². The molecule has 2 amide bonds. The van der Waals surface area contributed by atoms with Crippen molar-refractivity contribution < 1.29 is 9.53 Å². The van der Waals surface area contributed by atoms with Crippen molar-refractivity contribution in [3.8, 4) is 5.75 Å². The maximum Gasteiger partial charge on any atom is 0.326 e. The molecule has 1 aliphatic heterocycles. The molecule has 0 spiro atoms. The highest BCUT2D eigenvalue weighted by atomic mass is 16.5. The number of nitrogens with zero attached hydrogens (tertiary/aromatic N) is 1. The monoisotopic (exact) mass is 310 g/mol. The van der Waals surface area contributed by atoms with Crippen molar-refractivity contribution in [3.05, 3.63) is 53.6 Å². The summed E-state index contributed by atoms with van der Waals surface area (Å²) in [7, 11) is 0. The summed E-state index contributed by atoms with van der Waals surface area (Å²) in [6, 6.07) is 13.5. The number of hydrogen-bond acceptors (Lipinski definition) is 2. The van der Waals surface area contributed by atoms with Crippen LogP contribution in [0.25, 0.3) is 0 Å². The van der Waals surface area contributed by atoms with E-state index in [2.05, 4.69) is 12.2 Å². The Morgan fingerprint density at radius 2 is 2.00 bits per heavy atom. The average molecular weight is 310 g/mol. The third kappa shape index (κ3) is 3.02. The van der Waals surface area contributed by atoms with Crippen LogP contribution >= 0.6 is 0 Å². The Bertz CT molecular complexity index is 727. The van der Waals surface area contributed by atoms with E-state index in [-0.39, 0.29) is 12.1 Å². The fraction of sp³-hybridized carbons (Fsp3) is 0.316. The molecule has 0 saturated carbocycles. The second-order valence-corrected chi connectivity index (χ2v) is 5.90. The molecule has 0 saturated heterocycles. The number of carbonyl (C=O) groups excluding carboxylic acids is 1. The summed E-state index contributed by atoms with van der Waals surface area (Å²) in [6.07, 6.45) is 0.885. The van der Waals surface area contributed by atoms with Gasteiger partial charge in [-0.25, -0.2) is 4.79 Å². The number of aryl methyl sites for hydroxylation is 1. The van der Waals surface area contributed by atoms with E-state index in [1.165, 1.54) is 0 Å². The average Bonchev–Trinajstić information content (AvgIpc) is 2.57. The number of urea groups is 1. The number of benzene rings is 2. The minimum absolute atomic E-state index is 0.0225. The molecule has 1 aliphatic rings. The summed E-state index contributed by atoms with van der Waals surface area (Å²) in [5.74, 6) is 0.765. The number of ether oxygens (including phenoxy) is 1. The van der Waals surface area contributed by atoms with Gasteiger partial charge in [0.05, 0.1) is 12.2 Å². The summed E-state index contributed by atoms with van der Waals surface area (Å²) in [4.78, 5) is 14.6. The zero-order valence-corrected chi connectivity index (χ0v) is 13.8. The Morgan fingerprint density at radius 1 is 1.22 bits per heavy atom. The predicted octanol–water partition coefficient (Wildman–Crippen LogP) is 4.51. The molecule has 0 aromatic heterocycles. The van der Waals surface area contributed by atoms with E-state index in [1.807, 2.05) is 56.3 Å². The number of anilines is 2. The van der Waals surface area contributed by atoms with Gasteiger partial charge < -0.3 is 10.1 Å². The van der Waals surface area contributed by atoms with Gasteiger partial charge in [-0.05, 0) is 49.6 Å². The van der Waals surface area contributed by atoms with E-state index in [0.717, 1.165) is 34.7 Å². The molecule has 0 bridgehead atoms. The normalized spacial score (nSPS) is 16.5. The van der Waals surface area contributed by atoms with Gasteiger partial charge in [0.2, 0.25) is 0 Å². The van der Waals surface area contributed by atoms with Gasteiger partial charge >= 0.3 is 6.03 Å². The molecule has 2 aromatic carbocycles. The third-order valence-corrected chi connectivity index (χ3v) is 4.38. The van der Waals surface area contributed by atoms with Crippen LogP contribution in [-0.4, -0.2) is 18.7 Å². The maximum absolute atomic E-state index is 12.8. The lowest BCUT2D eigenvalue weighted by Gasteiger charge is -2.34. The molecule has 23 heavy (non-hydrogen) atoms. The van der Waals surface area contributed by atoms with Crippen molar-refractivity contribution in [1.29, 1.82) is 0 Å². The summed E-state index contributed by atoms with van der Waals surface area (Å²) in [5, 5.41) is 3.04. The van der Waals surface area contributed by atoms with E-state index < -0.39 is 0 Å². The molecule has 0 unspecified atom stereocenters. The molecule has 3 rings (SSSR count). The molecular formula is C19H22N2O2. The molecule has 4 heteroatoms. The third-order valence-electron chi connectivity index (χ3n) is 4.38. The Kier molecular flexibility index (Phi) is 4.24. The van der Waals surface area contributed by atoms with E-state index in [4.69, 9.17) is 4.74 Å². The fourth-order valence-electron chi connectivity index (χ4n) is 2.77. The number of fused-ring (bicyclic) bond motifs is 1. The Balaban J connectivity index is 1.88. The van der Waals surface area contributed by atoms with Crippen molar-refractivity contribution in [2.45, 2.75) is 33.3 Å². The van der Waals surface area contributed by atoms with Crippen LogP contribution in [0, 0.1) is 13.8 Å². The number of para-hydroxylation sites is 2. The first-order chi connectivity index (χ1) is 11.1. The van der Waals surface area contributed by atoms with Gasteiger partial charge in [-0.3, -0.25) is 4.90 Å². The Labute approximate surface area is 137 Å². The second-order valence-electron chi connectivity index (χ2n) is 5.90. The molecule has 0 aliphatic carbocycles. The topological polar surface area (TPSA) is 41.6 Å². The van der Waals surface area contributed by atoms with Crippen LogP contribution < -0.4 is 15.0 Å². The minimum Gasteiger partial charge on any atom is -0.486 e. The van der Waals surface area contributed by atoms with Gasteiger partial charge in [0.1, 0.15) is 11.9 Å². The number of amides is 2. The second kappa shape index (κ2) is 6.32. The highest BCUT2D eigenvalue weighted by molar-refractivity contribution is 6.03. The molecule has 4 nitrogen and oxygen atoms in total. The maximum atomic E-state index is 12.8. The first-order valence-corrected chi connectivity index (χ1v) is 8.00. The molecule has 1 N–H and O–H groups in total. The van der Waals surface area contributed by atoms with E-state index >= 15 is 0 Å². The van der Waals surface area contributed by atoms with Crippen molar-refractivity contribution >= 4 is 17.4 Å². The Hall–Kier alpha value is -2.49. The zero-order chi connectivity index (χ0) is 16.4. The summed E-state index contributed by atoms with van der Waals surface area (Å²) >= 11 is 0. The predicted molar refractivity (Wildman–Crippen MR) is 93.4 cm³/mol.